The van der Waals surface area contributed by atoms with Gasteiger partial charge >= 0.3 is 11.1 Å². The highest BCUT2D eigenvalue weighted by Gasteiger charge is 2.73. The first-order chi connectivity index (χ1) is 10.2. The Hall–Kier alpha value is -1.28. The van der Waals surface area contributed by atoms with Crippen LogP contribution in [0.15, 0.2) is 0 Å². The number of quaternary nitrogens is 2. The third-order valence-electron chi connectivity index (χ3n) is 5.72. The Balaban J connectivity index is 2.53. The number of nitrogens with zero attached hydrogens (tertiary/aromatic N) is 2. The maximum Gasteiger partial charge on any atom is 0.324 e. The molecular weight excluding hydrogens is 300 g/mol. The molecule has 2 aliphatic heterocycles. The van der Waals surface area contributed by atoms with E-state index in [1.807, 2.05) is 41.5 Å². The highest BCUT2D eigenvalue weighted by Crippen LogP contribution is 2.30. The van der Waals surface area contributed by atoms with Crippen molar-refractivity contribution in [3.05, 3.63) is 20.2 Å². The minimum atomic E-state index is -1.21. The Labute approximate surface area is 137 Å². The second-order valence-corrected chi connectivity index (χ2v) is 9.55. The number of nitro groups is 2. The molecule has 0 atom stereocenters. The number of hydrogen-bond donors (Lipinski definition) is 2. The van der Waals surface area contributed by atoms with Crippen LogP contribution >= 0.6 is 0 Å². The SMILES string of the molecule is CC(C)(C)[NH+]1CC2([N+](=O)[O-])C[NH+](C(C)(C)C)CC([N+](=O)[O-])(C1)C2. The van der Waals surface area contributed by atoms with E-state index in [0.29, 0.717) is 26.2 Å². The molecule has 0 radical (unpaired) electrons. The zero-order chi connectivity index (χ0) is 17.8. The van der Waals surface area contributed by atoms with Gasteiger partial charge in [0.25, 0.3) is 0 Å². The van der Waals surface area contributed by atoms with E-state index in [0.717, 1.165) is 9.80 Å². The molecule has 0 aromatic carbocycles. The van der Waals surface area contributed by atoms with Crippen molar-refractivity contribution < 1.29 is 19.6 Å². The fourth-order valence-corrected chi connectivity index (χ4v) is 4.15. The highest BCUT2D eigenvalue weighted by molar-refractivity contribution is 4.98. The minimum absolute atomic E-state index is 0.0547. The highest BCUT2D eigenvalue weighted by atomic mass is 16.6. The van der Waals surface area contributed by atoms with Crippen molar-refractivity contribution in [3.8, 4) is 0 Å². The topological polar surface area (TPSA) is 95.2 Å². The molecule has 2 N–H and O–H groups in total. The minimum Gasteiger partial charge on any atom is -0.318 e. The summed E-state index contributed by atoms with van der Waals surface area (Å²) in [6.45, 7) is 13.4. The number of fused-ring (bicyclic) bond motifs is 2. The quantitative estimate of drug-likeness (QED) is 0.491. The van der Waals surface area contributed by atoms with Crippen LogP contribution in [0.2, 0.25) is 0 Å². The fourth-order valence-electron chi connectivity index (χ4n) is 4.15. The lowest BCUT2D eigenvalue weighted by molar-refractivity contribution is -1.04. The first-order valence-corrected chi connectivity index (χ1v) is 8.21. The van der Waals surface area contributed by atoms with Gasteiger partial charge in [-0.15, -0.1) is 0 Å². The van der Waals surface area contributed by atoms with Crippen LogP contribution in [0.5, 0.6) is 0 Å². The molecule has 0 aliphatic carbocycles. The van der Waals surface area contributed by atoms with Gasteiger partial charge in [0.1, 0.15) is 6.42 Å². The molecule has 132 valence electrons. The van der Waals surface area contributed by atoms with E-state index in [1.165, 1.54) is 0 Å². The normalized spacial score (nSPS) is 38.2. The van der Waals surface area contributed by atoms with Crippen LogP contribution in [-0.4, -0.2) is 58.2 Å². The number of likely N-dealkylation sites (tertiary alicyclic amines) is 2. The molecule has 2 aliphatic rings. The van der Waals surface area contributed by atoms with Gasteiger partial charge in [0.2, 0.25) is 0 Å². The van der Waals surface area contributed by atoms with E-state index >= 15 is 0 Å². The molecule has 8 nitrogen and oxygen atoms in total. The van der Waals surface area contributed by atoms with Crippen molar-refractivity contribution >= 4 is 0 Å². The molecule has 2 saturated heterocycles. The average molecular weight is 330 g/mol. The number of piperidine rings is 2. The monoisotopic (exact) mass is 330 g/mol. The standard InChI is InChI=1S/C15H28N4O4/c1-12(2,3)16-8-14(18(20)21)7-15(9-16,19(22)23)11-17(10-14)13(4,5)6/h7-11H2,1-6H3/p+2. The summed E-state index contributed by atoms with van der Waals surface area (Å²) in [6, 6.07) is 0. The first-order valence-electron chi connectivity index (χ1n) is 8.21. The van der Waals surface area contributed by atoms with Crippen LogP contribution in [0.25, 0.3) is 0 Å². The maximum atomic E-state index is 12.0. The van der Waals surface area contributed by atoms with Crippen molar-refractivity contribution in [2.75, 3.05) is 26.2 Å². The second-order valence-electron chi connectivity index (χ2n) is 9.55. The van der Waals surface area contributed by atoms with Crippen LogP contribution < -0.4 is 9.80 Å². The van der Waals surface area contributed by atoms with Crippen molar-refractivity contribution in [1.29, 1.82) is 0 Å². The smallest absolute Gasteiger partial charge is 0.318 e. The molecule has 2 fully saturated rings. The molecule has 0 spiro atoms. The summed E-state index contributed by atoms with van der Waals surface area (Å²) >= 11 is 0. The Bertz CT molecular complexity index is 463. The van der Waals surface area contributed by atoms with Crippen LogP contribution in [0.4, 0.5) is 0 Å². The van der Waals surface area contributed by atoms with Crippen molar-refractivity contribution in [2.24, 2.45) is 0 Å². The summed E-state index contributed by atoms with van der Waals surface area (Å²) in [5.41, 5.74) is -2.92. The Morgan fingerprint density at radius 1 is 0.739 bits per heavy atom. The van der Waals surface area contributed by atoms with Gasteiger partial charge in [-0.2, -0.15) is 0 Å². The number of nitrogens with one attached hydrogen (secondary N) is 2. The molecule has 0 aromatic heterocycles. The van der Waals surface area contributed by atoms with Crippen LogP contribution in [0.3, 0.4) is 0 Å². The molecule has 2 heterocycles. The maximum absolute atomic E-state index is 12.0. The van der Waals surface area contributed by atoms with Gasteiger partial charge in [-0.25, -0.2) is 0 Å². The summed E-state index contributed by atoms with van der Waals surface area (Å²) < 4.78 is 0. The lowest BCUT2D eigenvalue weighted by Gasteiger charge is -2.51. The van der Waals surface area contributed by atoms with E-state index < -0.39 is 11.1 Å². The van der Waals surface area contributed by atoms with Gasteiger partial charge < -0.3 is 9.80 Å². The van der Waals surface area contributed by atoms with Crippen LogP contribution in [0, 0.1) is 20.2 Å². The summed E-state index contributed by atoms with van der Waals surface area (Å²) in [4.78, 5) is 25.4. The summed E-state index contributed by atoms with van der Waals surface area (Å²) in [5, 5.41) is 23.9. The summed E-state index contributed by atoms with van der Waals surface area (Å²) in [6.07, 6.45) is 0.0547. The van der Waals surface area contributed by atoms with Gasteiger partial charge in [-0.1, -0.05) is 0 Å². The molecule has 8 heteroatoms. The molecule has 0 amide bonds. The van der Waals surface area contributed by atoms with Gasteiger partial charge in [0.15, 0.2) is 26.2 Å². The zero-order valence-electron chi connectivity index (χ0n) is 15.1. The molecule has 2 bridgehead atoms. The molecule has 0 saturated carbocycles. The van der Waals surface area contributed by atoms with Crippen LogP contribution in [0.1, 0.15) is 48.0 Å². The van der Waals surface area contributed by atoms with Gasteiger partial charge in [-0.05, 0) is 41.5 Å². The van der Waals surface area contributed by atoms with E-state index in [-0.39, 0.29) is 27.3 Å². The largest absolute Gasteiger partial charge is 0.324 e. The predicted molar refractivity (Wildman–Crippen MR) is 85.0 cm³/mol. The summed E-state index contributed by atoms with van der Waals surface area (Å²) in [5.74, 6) is 0. The zero-order valence-corrected chi connectivity index (χ0v) is 15.1. The third-order valence-corrected chi connectivity index (χ3v) is 5.72. The van der Waals surface area contributed by atoms with Crippen molar-refractivity contribution in [2.45, 2.75) is 70.1 Å². The predicted octanol–water partition coefficient (Wildman–Crippen LogP) is -1.20. The van der Waals surface area contributed by atoms with Gasteiger partial charge in [0.05, 0.1) is 11.1 Å². The third kappa shape index (κ3) is 3.06. The molecule has 23 heavy (non-hydrogen) atoms. The van der Waals surface area contributed by atoms with E-state index in [9.17, 15) is 20.2 Å². The lowest BCUT2D eigenvalue weighted by Crippen LogP contribution is -3.31. The van der Waals surface area contributed by atoms with Gasteiger partial charge in [-0.3, -0.25) is 20.2 Å². The molecular formula is C15H30N4O4+2. The first kappa shape index (κ1) is 18.1. The van der Waals surface area contributed by atoms with Gasteiger partial charge in [0, 0.05) is 9.85 Å². The Morgan fingerprint density at radius 2 is 1.00 bits per heavy atom. The lowest BCUT2D eigenvalue weighted by atomic mass is 9.71. The van der Waals surface area contributed by atoms with E-state index in [2.05, 4.69) is 0 Å². The van der Waals surface area contributed by atoms with E-state index in [1.54, 1.807) is 0 Å². The number of hydrogen-bond acceptors (Lipinski definition) is 4. The Morgan fingerprint density at radius 3 is 1.17 bits per heavy atom. The second kappa shape index (κ2) is 5.11. The Kier molecular flexibility index (Phi) is 4.01. The molecule has 2 rings (SSSR count). The summed E-state index contributed by atoms with van der Waals surface area (Å²) in [7, 11) is 0. The van der Waals surface area contributed by atoms with Crippen molar-refractivity contribution in [1.82, 2.24) is 0 Å². The average Bonchev–Trinajstić information content (AvgIpc) is 2.34. The number of rotatable bonds is 2. The van der Waals surface area contributed by atoms with E-state index in [4.69, 9.17) is 0 Å². The van der Waals surface area contributed by atoms with Crippen molar-refractivity contribution in [3.63, 3.8) is 0 Å². The molecule has 0 unspecified atom stereocenters. The molecule has 0 aromatic rings. The van der Waals surface area contributed by atoms with Crippen LogP contribution in [-0.2, 0) is 0 Å². The fraction of sp³-hybridized carbons (Fsp3) is 1.00.